The lowest BCUT2D eigenvalue weighted by atomic mass is 9.77. The van der Waals surface area contributed by atoms with Crippen LogP contribution < -0.4 is 11.3 Å². The number of hydrogen-bond acceptors (Lipinski definition) is 3. The molecule has 1 aromatic heterocycles. The van der Waals surface area contributed by atoms with E-state index in [1.54, 1.807) is 0 Å². The minimum atomic E-state index is 0.212. The average molecular weight is 247 g/mol. The molecule has 0 amide bonds. The number of pyridine rings is 1. The van der Waals surface area contributed by atoms with Gasteiger partial charge in [-0.25, -0.2) is 0 Å². The Morgan fingerprint density at radius 1 is 1.50 bits per heavy atom. The molecule has 100 valence electrons. The maximum Gasteiger partial charge on any atom is 0.0663 e. The zero-order valence-corrected chi connectivity index (χ0v) is 11.5. The van der Waals surface area contributed by atoms with Crippen molar-refractivity contribution in [3.05, 3.63) is 29.6 Å². The van der Waals surface area contributed by atoms with Crippen molar-refractivity contribution < 1.29 is 0 Å². The molecule has 3 atom stereocenters. The third-order valence-electron chi connectivity index (χ3n) is 4.23. The smallest absolute Gasteiger partial charge is 0.0663 e. The van der Waals surface area contributed by atoms with Crippen molar-refractivity contribution in [3.63, 3.8) is 0 Å². The maximum atomic E-state index is 5.81. The van der Waals surface area contributed by atoms with Gasteiger partial charge in [-0.3, -0.25) is 16.3 Å². The van der Waals surface area contributed by atoms with Gasteiger partial charge in [0, 0.05) is 6.20 Å². The second kappa shape index (κ2) is 6.30. The van der Waals surface area contributed by atoms with Gasteiger partial charge in [0.1, 0.15) is 0 Å². The first-order valence-electron chi connectivity index (χ1n) is 7.16. The Bertz CT molecular complexity index is 378. The van der Waals surface area contributed by atoms with Crippen LogP contribution in [0.4, 0.5) is 0 Å². The molecule has 1 heterocycles. The van der Waals surface area contributed by atoms with Crippen LogP contribution in [0.2, 0.25) is 0 Å². The first-order valence-corrected chi connectivity index (χ1v) is 7.16. The summed E-state index contributed by atoms with van der Waals surface area (Å²) in [4.78, 5) is 4.58. The van der Waals surface area contributed by atoms with Crippen molar-refractivity contribution >= 4 is 0 Å². The zero-order valence-electron chi connectivity index (χ0n) is 11.5. The molecule has 3 nitrogen and oxygen atoms in total. The molecule has 0 aliphatic heterocycles. The van der Waals surface area contributed by atoms with E-state index >= 15 is 0 Å². The number of hydrazine groups is 1. The summed E-state index contributed by atoms with van der Waals surface area (Å²) in [5.41, 5.74) is 5.49. The fourth-order valence-electron chi connectivity index (χ4n) is 3.25. The molecule has 0 aromatic carbocycles. The average Bonchev–Trinajstić information content (AvgIpc) is 2.40. The van der Waals surface area contributed by atoms with Crippen LogP contribution in [0.25, 0.3) is 0 Å². The Balaban J connectivity index is 2.21. The molecule has 1 saturated carbocycles. The predicted molar refractivity (Wildman–Crippen MR) is 74.8 cm³/mol. The number of hydrogen-bond donors (Lipinski definition) is 2. The van der Waals surface area contributed by atoms with Gasteiger partial charge in [0.15, 0.2) is 0 Å². The zero-order chi connectivity index (χ0) is 13.0. The van der Waals surface area contributed by atoms with Crippen LogP contribution in [0.1, 0.15) is 56.8 Å². The molecule has 1 aromatic rings. The van der Waals surface area contributed by atoms with Crippen molar-refractivity contribution in [3.8, 4) is 0 Å². The molecular weight excluding hydrogens is 222 g/mol. The largest absolute Gasteiger partial charge is 0.271 e. The molecule has 18 heavy (non-hydrogen) atoms. The Morgan fingerprint density at radius 3 is 3.00 bits per heavy atom. The number of nitrogens with zero attached hydrogens (tertiary/aromatic N) is 1. The summed E-state index contributed by atoms with van der Waals surface area (Å²) >= 11 is 0. The standard InChI is InChI=1S/C15H25N3/c1-3-12-8-5-9-17-14(12)15(18-16)13-7-4-6-11(2)10-13/h5,8-9,11,13,15,18H,3-4,6-7,10,16H2,1-2H3. The molecule has 1 aliphatic carbocycles. The molecule has 1 fully saturated rings. The van der Waals surface area contributed by atoms with E-state index in [2.05, 4.69) is 30.3 Å². The van der Waals surface area contributed by atoms with Gasteiger partial charge >= 0.3 is 0 Å². The SMILES string of the molecule is CCc1cccnc1C(NN)C1CCCC(C)C1. The van der Waals surface area contributed by atoms with Crippen molar-refractivity contribution in [2.45, 2.75) is 52.0 Å². The predicted octanol–water partition coefficient (Wildman–Crippen LogP) is 2.97. The number of rotatable bonds is 4. The molecule has 0 spiro atoms. The van der Waals surface area contributed by atoms with Gasteiger partial charge in [-0.15, -0.1) is 0 Å². The van der Waals surface area contributed by atoms with E-state index in [9.17, 15) is 0 Å². The lowest BCUT2D eigenvalue weighted by Crippen LogP contribution is -2.36. The van der Waals surface area contributed by atoms with Gasteiger partial charge in [0.05, 0.1) is 11.7 Å². The maximum absolute atomic E-state index is 5.81. The van der Waals surface area contributed by atoms with Crippen molar-refractivity contribution in [1.29, 1.82) is 0 Å². The van der Waals surface area contributed by atoms with Gasteiger partial charge in [0.25, 0.3) is 0 Å². The molecule has 3 heteroatoms. The van der Waals surface area contributed by atoms with Crippen molar-refractivity contribution in [2.75, 3.05) is 0 Å². The van der Waals surface area contributed by atoms with Crippen molar-refractivity contribution in [1.82, 2.24) is 10.4 Å². The highest BCUT2D eigenvalue weighted by Gasteiger charge is 2.28. The second-order valence-corrected chi connectivity index (χ2v) is 5.58. The summed E-state index contributed by atoms with van der Waals surface area (Å²) < 4.78 is 0. The van der Waals surface area contributed by atoms with Gasteiger partial charge in [-0.2, -0.15) is 0 Å². The number of nitrogens with two attached hydrogens (primary N) is 1. The summed E-state index contributed by atoms with van der Waals surface area (Å²) in [6, 6.07) is 4.39. The molecule has 0 bridgehead atoms. The third kappa shape index (κ3) is 2.90. The van der Waals surface area contributed by atoms with Crippen LogP contribution in [0.15, 0.2) is 18.3 Å². The number of aryl methyl sites for hydroxylation is 1. The van der Waals surface area contributed by atoms with E-state index in [1.807, 2.05) is 12.3 Å². The highest BCUT2D eigenvalue weighted by Crippen LogP contribution is 2.37. The fourth-order valence-corrected chi connectivity index (χ4v) is 3.25. The number of nitrogens with one attached hydrogen (secondary N) is 1. The lowest BCUT2D eigenvalue weighted by molar-refractivity contribution is 0.221. The monoisotopic (exact) mass is 247 g/mol. The summed E-state index contributed by atoms with van der Waals surface area (Å²) in [5.74, 6) is 7.25. The van der Waals surface area contributed by atoms with Crippen LogP contribution >= 0.6 is 0 Å². The second-order valence-electron chi connectivity index (χ2n) is 5.58. The molecule has 0 saturated heterocycles. The molecule has 1 aliphatic rings. The summed E-state index contributed by atoms with van der Waals surface area (Å²) in [6.07, 6.45) is 8.09. The normalized spacial score (nSPS) is 25.9. The Hall–Kier alpha value is -0.930. The molecule has 3 unspecified atom stereocenters. The quantitative estimate of drug-likeness (QED) is 0.635. The Labute approximate surface area is 110 Å². The van der Waals surface area contributed by atoms with E-state index < -0.39 is 0 Å². The molecule has 2 rings (SSSR count). The van der Waals surface area contributed by atoms with Crippen LogP contribution in [-0.4, -0.2) is 4.98 Å². The van der Waals surface area contributed by atoms with Gasteiger partial charge < -0.3 is 0 Å². The topological polar surface area (TPSA) is 50.9 Å². The third-order valence-corrected chi connectivity index (χ3v) is 4.23. The summed E-state index contributed by atoms with van der Waals surface area (Å²) in [7, 11) is 0. The fraction of sp³-hybridized carbons (Fsp3) is 0.667. The van der Waals surface area contributed by atoms with Gasteiger partial charge in [-0.05, 0) is 42.7 Å². The summed E-state index contributed by atoms with van der Waals surface area (Å²) in [5, 5.41) is 0. The Morgan fingerprint density at radius 2 is 2.33 bits per heavy atom. The van der Waals surface area contributed by atoms with E-state index in [1.165, 1.54) is 31.2 Å². The van der Waals surface area contributed by atoms with Crippen LogP contribution in [-0.2, 0) is 6.42 Å². The van der Waals surface area contributed by atoms with E-state index in [0.717, 1.165) is 18.0 Å². The van der Waals surface area contributed by atoms with E-state index in [0.29, 0.717) is 5.92 Å². The van der Waals surface area contributed by atoms with E-state index in [-0.39, 0.29) is 6.04 Å². The highest BCUT2D eigenvalue weighted by molar-refractivity contribution is 5.23. The van der Waals surface area contributed by atoms with Gasteiger partial charge in [-0.1, -0.05) is 32.8 Å². The van der Waals surface area contributed by atoms with E-state index in [4.69, 9.17) is 5.84 Å². The minimum absolute atomic E-state index is 0.212. The van der Waals surface area contributed by atoms with Crippen LogP contribution in [0, 0.1) is 11.8 Å². The van der Waals surface area contributed by atoms with Crippen LogP contribution in [0.5, 0.6) is 0 Å². The lowest BCUT2D eigenvalue weighted by Gasteiger charge is -2.33. The molecular formula is C15H25N3. The van der Waals surface area contributed by atoms with Crippen LogP contribution in [0.3, 0.4) is 0 Å². The first kappa shape index (κ1) is 13.5. The minimum Gasteiger partial charge on any atom is -0.271 e. The van der Waals surface area contributed by atoms with Gasteiger partial charge in [0.2, 0.25) is 0 Å². The Kier molecular flexibility index (Phi) is 4.72. The van der Waals surface area contributed by atoms with Crippen molar-refractivity contribution in [2.24, 2.45) is 17.7 Å². The molecule has 3 N–H and O–H groups in total. The summed E-state index contributed by atoms with van der Waals surface area (Å²) in [6.45, 7) is 4.52. The highest BCUT2D eigenvalue weighted by atomic mass is 15.2. The molecule has 0 radical (unpaired) electrons. The first-order chi connectivity index (χ1) is 8.76. The number of aromatic nitrogens is 1.